The van der Waals surface area contributed by atoms with E-state index in [1.165, 1.54) is 28.0 Å². The second-order valence-corrected chi connectivity index (χ2v) is 13.2. The Hall–Kier alpha value is -4.41. The molecule has 2 heterocycles. The molecule has 1 amide bonds. The molecule has 4 aromatic rings. The van der Waals surface area contributed by atoms with Crippen LogP contribution < -0.4 is 0 Å². The molecule has 242 valence electrons. The van der Waals surface area contributed by atoms with Gasteiger partial charge in [0.2, 0.25) is 0 Å². The third-order valence-corrected chi connectivity index (χ3v) is 11.2. The molecule has 0 unspecified atom stereocenters. The van der Waals surface area contributed by atoms with Crippen molar-refractivity contribution in [3.05, 3.63) is 101 Å². The molecule has 2 atom stereocenters. The first kappa shape index (κ1) is 31.6. The zero-order chi connectivity index (χ0) is 33.3. The molecule has 1 aliphatic carbocycles. The van der Waals surface area contributed by atoms with Crippen LogP contribution in [0.15, 0.2) is 78.0 Å². The van der Waals surface area contributed by atoms with Crippen LogP contribution in [0, 0.1) is 5.82 Å². The predicted molar refractivity (Wildman–Crippen MR) is 144 cm³/mol. The van der Waals surface area contributed by atoms with E-state index in [9.17, 15) is 43.9 Å². The lowest BCUT2D eigenvalue weighted by Gasteiger charge is -2.43. The van der Waals surface area contributed by atoms with Crippen molar-refractivity contribution in [1.29, 1.82) is 0 Å². The van der Waals surface area contributed by atoms with Gasteiger partial charge in [-0.2, -0.15) is 26.3 Å². The van der Waals surface area contributed by atoms with Crippen molar-refractivity contribution in [3.8, 4) is 5.69 Å². The van der Waals surface area contributed by atoms with Crippen LogP contribution in [0.2, 0.25) is 0 Å². The first-order valence-corrected chi connectivity index (χ1v) is 15.1. The highest BCUT2D eigenvalue weighted by molar-refractivity contribution is 7.92. The molecule has 1 aromatic heterocycles. The van der Waals surface area contributed by atoms with Crippen LogP contribution in [0.1, 0.15) is 39.9 Å². The fraction of sp³-hybridized carbons (Fsp3) is 0.310. The van der Waals surface area contributed by atoms with Crippen LogP contribution in [-0.4, -0.2) is 64.4 Å². The second-order valence-electron chi connectivity index (χ2n) is 11.0. The van der Waals surface area contributed by atoms with E-state index < -0.39 is 55.9 Å². The topological polar surface area (TPSA) is 98.1 Å². The number of amides is 1. The second kappa shape index (κ2) is 10.6. The Labute approximate surface area is 255 Å². The summed E-state index contributed by atoms with van der Waals surface area (Å²) in [5.74, 6) is -1.34. The lowest BCUT2D eigenvalue weighted by molar-refractivity contribution is -0.348. The Bertz CT molecular complexity index is 1880. The van der Waals surface area contributed by atoms with E-state index in [4.69, 9.17) is 0 Å². The number of rotatable bonds is 5. The summed E-state index contributed by atoms with van der Waals surface area (Å²) in [5, 5.41) is 10.8. The van der Waals surface area contributed by atoms with Crippen molar-refractivity contribution in [2.75, 3.05) is 6.54 Å². The van der Waals surface area contributed by atoms with Crippen LogP contribution in [-0.2, 0) is 26.7 Å². The van der Waals surface area contributed by atoms with Crippen LogP contribution in [0.4, 0.5) is 35.1 Å². The lowest BCUT2D eigenvalue weighted by Crippen LogP contribution is -2.53. The number of alkyl halides is 7. The molecule has 1 aliphatic heterocycles. The Balaban J connectivity index is 1.47. The van der Waals surface area contributed by atoms with Crippen LogP contribution in [0.25, 0.3) is 5.69 Å². The molecule has 0 bridgehead atoms. The summed E-state index contributed by atoms with van der Waals surface area (Å²) in [6.07, 6.45) is -12.2. The number of hydrogen-bond donors (Lipinski definition) is 0. The standard InChI is InChI=1S/C29H21F8N5O3S/c30-20-5-9-22(10-6-20)46(44,45)26-13-14-41(25(43)17-1-7-21(8-2-17)42-16-38-39-40-42)24(26)12-3-18-15-19(4-11-23(18)26)27(31,28(32,33)34)29(35,36)37/h1-2,4-11,15-16,24H,3,12-14H2/t24-,26-/m0/s1. The summed E-state index contributed by atoms with van der Waals surface area (Å²) < 4.78 is 138. The molecule has 0 N–H and O–H groups in total. The molecule has 46 heavy (non-hydrogen) atoms. The number of halogens is 8. The molecule has 8 nitrogen and oxygen atoms in total. The molecule has 6 rings (SSSR count). The van der Waals surface area contributed by atoms with Gasteiger partial charge < -0.3 is 4.90 Å². The third kappa shape index (κ3) is 4.57. The van der Waals surface area contributed by atoms with Crippen molar-refractivity contribution in [2.24, 2.45) is 0 Å². The fourth-order valence-corrected chi connectivity index (χ4v) is 8.87. The van der Waals surface area contributed by atoms with Gasteiger partial charge in [-0.05, 0) is 89.3 Å². The maximum atomic E-state index is 15.0. The molecule has 0 saturated carbocycles. The van der Waals surface area contributed by atoms with Crippen molar-refractivity contribution in [1.82, 2.24) is 25.1 Å². The van der Waals surface area contributed by atoms with Crippen LogP contribution in [0.5, 0.6) is 0 Å². The number of benzene rings is 3. The number of aryl methyl sites for hydroxylation is 1. The Morgan fingerprint density at radius 2 is 1.54 bits per heavy atom. The molecular formula is C29H21F8N5O3S. The van der Waals surface area contributed by atoms with Gasteiger partial charge in [0.25, 0.3) is 5.91 Å². The molecule has 3 aromatic carbocycles. The molecule has 0 spiro atoms. The Kier molecular flexibility index (Phi) is 7.25. The number of nitrogens with zero attached hydrogens (tertiary/aromatic N) is 5. The van der Waals surface area contributed by atoms with Crippen LogP contribution >= 0.6 is 0 Å². The van der Waals surface area contributed by atoms with Crippen LogP contribution in [0.3, 0.4) is 0 Å². The quantitative estimate of drug-likeness (QED) is 0.202. The first-order chi connectivity index (χ1) is 21.5. The normalized spacial score (nSPS) is 20.3. The smallest absolute Gasteiger partial charge is 0.334 e. The van der Waals surface area contributed by atoms with Crippen molar-refractivity contribution in [3.63, 3.8) is 0 Å². The zero-order valence-corrected chi connectivity index (χ0v) is 24.0. The van der Waals surface area contributed by atoms with E-state index in [-0.39, 0.29) is 53.5 Å². The predicted octanol–water partition coefficient (Wildman–Crippen LogP) is 5.62. The summed E-state index contributed by atoms with van der Waals surface area (Å²) in [6.45, 7) is -0.155. The highest BCUT2D eigenvalue weighted by atomic mass is 32.2. The molecule has 0 radical (unpaired) electrons. The number of tetrazole rings is 1. The molecular weight excluding hydrogens is 650 g/mol. The van der Waals surface area contributed by atoms with Gasteiger partial charge in [-0.15, -0.1) is 5.10 Å². The largest absolute Gasteiger partial charge is 0.435 e. The van der Waals surface area contributed by atoms with Crippen molar-refractivity contribution >= 4 is 15.7 Å². The average molecular weight is 672 g/mol. The molecule has 1 saturated heterocycles. The number of aromatic nitrogens is 4. The van der Waals surface area contributed by atoms with Gasteiger partial charge in [0, 0.05) is 17.7 Å². The lowest BCUT2D eigenvalue weighted by atomic mass is 9.76. The zero-order valence-electron chi connectivity index (χ0n) is 23.2. The third-order valence-electron chi connectivity index (χ3n) is 8.66. The number of carbonyl (C=O) groups is 1. The SMILES string of the molecule is O=C(c1ccc(-n2cnnn2)cc1)N1CC[C@]2(S(=O)(=O)c3ccc(F)cc3)c3ccc(C(F)(C(F)(F)F)C(F)(F)F)cc3CC[C@H]12. The summed E-state index contributed by atoms with van der Waals surface area (Å²) >= 11 is 0. The fourth-order valence-electron chi connectivity index (χ4n) is 6.50. The summed E-state index contributed by atoms with van der Waals surface area (Å²) in [6, 6.07) is 10.1. The summed E-state index contributed by atoms with van der Waals surface area (Å²) in [4.78, 5) is 14.7. The Morgan fingerprint density at radius 1 is 0.891 bits per heavy atom. The van der Waals surface area contributed by atoms with Gasteiger partial charge in [-0.3, -0.25) is 4.79 Å². The summed E-state index contributed by atoms with van der Waals surface area (Å²) in [5.41, 5.74) is -7.19. The van der Waals surface area contributed by atoms with E-state index in [1.807, 2.05) is 0 Å². The van der Waals surface area contributed by atoms with E-state index >= 15 is 4.39 Å². The van der Waals surface area contributed by atoms with Gasteiger partial charge >= 0.3 is 18.0 Å². The van der Waals surface area contributed by atoms with E-state index in [2.05, 4.69) is 15.5 Å². The minimum absolute atomic E-state index is 0.155. The number of likely N-dealkylation sites (tertiary alicyclic amines) is 1. The number of fused-ring (bicyclic) bond motifs is 3. The van der Waals surface area contributed by atoms with Gasteiger partial charge in [0.05, 0.1) is 16.6 Å². The minimum atomic E-state index is -6.37. The van der Waals surface area contributed by atoms with E-state index in [0.717, 1.165) is 30.3 Å². The van der Waals surface area contributed by atoms with Gasteiger partial charge in [0.1, 0.15) is 16.9 Å². The maximum absolute atomic E-state index is 15.0. The van der Waals surface area contributed by atoms with Crippen molar-refractivity contribution < 1.29 is 48.3 Å². The summed E-state index contributed by atoms with van der Waals surface area (Å²) in [7, 11) is -4.60. The van der Waals surface area contributed by atoms with Gasteiger partial charge in [0.15, 0.2) is 9.84 Å². The number of hydrogen-bond acceptors (Lipinski definition) is 6. The maximum Gasteiger partial charge on any atom is 0.435 e. The highest BCUT2D eigenvalue weighted by Gasteiger charge is 2.73. The molecule has 1 fully saturated rings. The number of carbonyl (C=O) groups excluding carboxylic acids is 1. The highest BCUT2D eigenvalue weighted by Crippen LogP contribution is 2.56. The Morgan fingerprint density at radius 3 is 2.13 bits per heavy atom. The van der Waals surface area contributed by atoms with E-state index in [0.29, 0.717) is 11.8 Å². The average Bonchev–Trinajstić information content (AvgIpc) is 3.69. The molecule has 17 heteroatoms. The monoisotopic (exact) mass is 671 g/mol. The first-order valence-electron chi connectivity index (χ1n) is 13.6. The van der Waals surface area contributed by atoms with Crippen molar-refractivity contribution in [2.45, 2.75) is 53.0 Å². The van der Waals surface area contributed by atoms with E-state index in [1.54, 1.807) is 12.1 Å². The van der Waals surface area contributed by atoms with Gasteiger partial charge in [-0.25, -0.2) is 21.9 Å². The molecule has 2 aliphatic rings. The minimum Gasteiger partial charge on any atom is -0.334 e. The number of sulfone groups is 1. The van der Waals surface area contributed by atoms with Gasteiger partial charge in [-0.1, -0.05) is 18.2 Å².